The van der Waals surface area contributed by atoms with Crippen molar-refractivity contribution in [2.45, 2.75) is 39.2 Å². The Labute approximate surface area is 143 Å². The maximum Gasteiger partial charge on any atom is 0.274 e. The largest absolute Gasteiger partial charge is 0.376 e. The molecular weight excluding hydrogens is 308 g/mol. The van der Waals surface area contributed by atoms with Crippen LogP contribution < -0.4 is 0 Å². The molecule has 1 aromatic heterocycles. The van der Waals surface area contributed by atoms with E-state index in [-0.39, 0.29) is 17.9 Å². The number of nitrogens with zero attached hydrogens (tertiary/aromatic N) is 4. The second kappa shape index (κ2) is 9.32. The third-order valence-corrected chi connectivity index (χ3v) is 4.23. The van der Waals surface area contributed by atoms with Crippen molar-refractivity contribution in [2.75, 3.05) is 32.8 Å². The van der Waals surface area contributed by atoms with E-state index in [1.54, 1.807) is 9.80 Å². The number of rotatable bonds is 8. The second-order valence-corrected chi connectivity index (χ2v) is 5.79. The molecule has 1 unspecified atom stereocenters. The fourth-order valence-electron chi connectivity index (χ4n) is 2.85. The van der Waals surface area contributed by atoms with Gasteiger partial charge in [-0.05, 0) is 26.7 Å². The van der Waals surface area contributed by atoms with Crippen LogP contribution in [0, 0.1) is 0 Å². The quantitative estimate of drug-likeness (QED) is 0.717. The lowest BCUT2D eigenvalue weighted by Gasteiger charge is -2.26. The van der Waals surface area contributed by atoms with Gasteiger partial charge in [-0.25, -0.2) is 4.98 Å². The van der Waals surface area contributed by atoms with Gasteiger partial charge in [-0.3, -0.25) is 14.6 Å². The molecule has 0 aromatic carbocycles. The molecule has 24 heavy (non-hydrogen) atoms. The van der Waals surface area contributed by atoms with Gasteiger partial charge in [0.1, 0.15) is 5.69 Å². The summed E-state index contributed by atoms with van der Waals surface area (Å²) in [4.78, 5) is 36.4. The van der Waals surface area contributed by atoms with Crippen molar-refractivity contribution < 1.29 is 14.3 Å². The summed E-state index contributed by atoms with van der Waals surface area (Å²) in [5, 5.41) is 0. The van der Waals surface area contributed by atoms with E-state index in [0.717, 1.165) is 19.4 Å². The van der Waals surface area contributed by atoms with E-state index in [0.29, 0.717) is 38.3 Å². The molecule has 0 spiro atoms. The zero-order chi connectivity index (χ0) is 17.4. The Balaban J connectivity index is 2.02. The SMILES string of the molecule is CCN(CC)C(=O)CCN(CC1CCCO1)C(=O)c1cnccn1. The summed E-state index contributed by atoms with van der Waals surface area (Å²) < 4.78 is 5.64. The minimum absolute atomic E-state index is 0.0363. The predicted octanol–water partition coefficient (Wildman–Crippen LogP) is 1.36. The van der Waals surface area contributed by atoms with Crippen LogP contribution in [0.4, 0.5) is 0 Å². The van der Waals surface area contributed by atoms with Crippen LogP contribution in [0.1, 0.15) is 43.6 Å². The van der Waals surface area contributed by atoms with Gasteiger partial charge in [-0.2, -0.15) is 0 Å². The van der Waals surface area contributed by atoms with Gasteiger partial charge >= 0.3 is 0 Å². The van der Waals surface area contributed by atoms with Crippen LogP contribution in [0.3, 0.4) is 0 Å². The van der Waals surface area contributed by atoms with E-state index in [1.807, 2.05) is 13.8 Å². The Hall–Kier alpha value is -2.02. The first-order valence-corrected chi connectivity index (χ1v) is 8.60. The Morgan fingerprint density at radius 2 is 2.04 bits per heavy atom. The maximum absolute atomic E-state index is 12.7. The smallest absolute Gasteiger partial charge is 0.274 e. The molecule has 1 fully saturated rings. The number of carbonyl (C=O) groups excluding carboxylic acids is 2. The summed E-state index contributed by atoms with van der Waals surface area (Å²) in [7, 11) is 0. The van der Waals surface area contributed by atoms with Crippen LogP contribution in [0.5, 0.6) is 0 Å². The first-order valence-electron chi connectivity index (χ1n) is 8.60. The topological polar surface area (TPSA) is 75.6 Å². The molecule has 0 saturated carbocycles. The summed E-state index contributed by atoms with van der Waals surface area (Å²) >= 11 is 0. The molecule has 1 aliphatic rings. The standard InChI is InChI=1S/C17H26N4O3/c1-3-20(4-2)16(22)7-10-21(13-14-6-5-11-24-14)17(23)15-12-18-8-9-19-15/h8-9,12,14H,3-7,10-11,13H2,1-2H3. The van der Waals surface area contributed by atoms with Crippen molar-refractivity contribution in [1.82, 2.24) is 19.8 Å². The molecule has 0 aliphatic carbocycles. The van der Waals surface area contributed by atoms with Gasteiger partial charge in [-0.1, -0.05) is 0 Å². The fourth-order valence-corrected chi connectivity index (χ4v) is 2.85. The summed E-state index contributed by atoms with van der Waals surface area (Å²) in [6.45, 7) is 6.85. The Bertz CT molecular complexity index is 528. The van der Waals surface area contributed by atoms with Crippen molar-refractivity contribution in [3.8, 4) is 0 Å². The van der Waals surface area contributed by atoms with Crippen molar-refractivity contribution in [1.29, 1.82) is 0 Å². The molecule has 2 heterocycles. The monoisotopic (exact) mass is 334 g/mol. The molecule has 1 aliphatic heterocycles. The van der Waals surface area contributed by atoms with Gasteiger partial charge in [0.2, 0.25) is 5.91 Å². The predicted molar refractivity (Wildman–Crippen MR) is 89.5 cm³/mol. The molecular formula is C17H26N4O3. The molecule has 7 heteroatoms. The first-order chi connectivity index (χ1) is 11.7. The van der Waals surface area contributed by atoms with Crippen molar-refractivity contribution in [3.63, 3.8) is 0 Å². The highest BCUT2D eigenvalue weighted by Gasteiger charge is 2.25. The van der Waals surface area contributed by atoms with Crippen LogP contribution in [0.25, 0.3) is 0 Å². The fraction of sp³-hybridized carbons (Fsp3) is 0.647. The van der Waals surface area contributed by atoms with E-state index >= 15 is 0 Å². The molecule has 2 rings (SSSR count). The van der Waals surface area contributed by atoms with Crippen molar-refractivity contribution >= 4 is 11.8 Å². The number of aromatic nitrogens is 2. The first kappa shape index (κ1) is 18.3. The minimum atomic E-state index is -0.203. The highest BCUT2D eigenvalue weighted by atomic mass is 16.5. The van der Waals surface area contributed by atoms with Crippen LogP contribution in [0.15, 0.2) is 18.6 Å². The van der Waals surface area contributed by atoms with E-state index in [4.69, 9.17) is 4.74 Å². The molecule has 1 atom stereocenters. The van der Waals surface area contributed by atoms with Crippen LogP contribution in [-0.2, 0) is 9.53 Å². The third kappa shape index (κ3) is 4.99. The maximum atomic E-state index is 12.7. The molecule has 1 saturated heterocycles. The van der Waals surface area contributed by atoms with Gasteiger partial charge in [0, 0.05) is 51.6 Å². The number of amides is 2. The van der Waals surface area contributed by atoms with Gasteiger partial charge in [0.25, 0.3) is 5.91 Å². The molecule has 0 bridgehead atoms. The number of carbonyl (C=O) groups is 2. The molecule has 1 aromatic rings. The lowest BCUT2D eigenvalue weighted by atomic mass is 10.2. The molecule has 0 radical (unpaired) electrons. The summed E-state index contributed by atoms with van der Waals surface area (Å²) in [6, 6.07) is 0. The Morgan fingerprint density at radius 1 is 1.25 bits per heavy atom. The van der Waals surface area contributed by atoms with E-state index in [2.05, 4.69) is 9.97 Å². The lowest BCUT2D eigenvalue weighted by molar-refractivity contribution is -0.131. The number of hydrogen-bond acceptors (Lipinski definition) is 5. The number of ether oxygens (including phenoxy) is 1. The van der Waals surface area contributed by atoms with Gasteiger partial charge in [0.05, 0.1) is 12.3 Å². The zero-order valence-electron chi connectivity index (χ0n) is 14.5. The van der Waals surface area contributed by atoms with E-state index in [1.165, 1.54) is 18.6 Å². The summed E-state index contributed by atoms with van der Waals surface area (Å²) in [5.41, 5.74) is 0.297. The zero-order valence-corrected chi connectivity index (χ0v) is 14.5. The Kier molecular flexibility index (Phi) is 7.11. The van der Waals surface area contributed by atoms with Crippen molar-refractivity contribution in [2.24, 2.45) is 0 Å². The Morgan fingerprint density at radius 3 is 2.62 bits per heavy atom. The molecule has 132 valence electrons. The second-order valence-electron chi connectivity index (χ2n) is 5.79. The van der Waals surface area contributed by atoms with Gasteiger partial charge in [0.15, 0.2) is 0 Å². The highest BCUT2D eigenvalue weighted by Crippen LogP contribution is 2.15. The lowest BCUT2D eigenvalue weighted by Crippen LogP contribution is -2.41. The van der Waals surface area contributed by atoms with Crippen LogP contribution in [0.2, 0.25) is 0 Å². The third-order valence-electron chi connectivity index (χ3n) is 4.23. The normalized spacial score (nSPS) is 16.8. The molecule has 0 N–H and O–H groups in total. The van der Waals surface area contributed by atoms with Crippen LogP contribution in [-0.4, -0.2) is 70.5 Å². The summed E-state index contributed by atoms with van der Waals surface area (Å²) in [5.74, 6) is -0.143. The van der Waals surface area contributed by atoms with Gasteiger partial charge in [-0.15, -0.1) is 0 Å². The summed E-state index contributed by atoms with van der Waals surface area (Å²) in [6.07, 6.45) is 6.78. The highest BCUT2D eigenvalue weighted by molar-refractivity contribution is 5.92. The average molecular weight is 334 g/mol. The van der Waals surface area contributed by atoms with E-state index in [9.17, 15) is 9.59 Å². The van der Waals surface area contributed by atoms with E-state index < -0.39 is 0 Å². The molecule has 2 amide bonds. The van der Waals surface area contributed by atoms with Crippen LogP contribution >= 0.6 is 0 Å². The minimum Gasteiger partial charge on any atom is -0.376 e. The van der Waals surface area contributed by atoms with Gasteiger partial charge < -0.3 is 14.5 Å². The van der Waals surface area contributed by atoms with Crippen molar-refractivity contribution in [3.05, 3.63) is 24.3 Å². The average Bonchev–Trinajstić information content (AvgIpc) is 3.13. The number of hydrogen-bond donors (Lipinski definition) is 0. The molecule has 7 nitrogen and oxygen atoms in total.